The van der Waals surface area contributed by atoms with Crippen LogP contribution in [0.4, 0.5) is 0 Å². The number of aryl methyl sites for hydroxylation is 1. The molecular weight excluding hydrogens is 462 g/mol. The number of rotatable bonds is 5. The second-order valence-electron chi connectivity index (χ2n) is 6.90. The van der Waals surface area contributed by atoms with Crippen molar-refractivity contribution in [2.75, 3.05) is 33.3 Å². The zero-order valence-corrected chi connectivity index (χ0v) is 19.9. The Morgan fingerprint density at radius 1 is 1.13 bits per heavy atom. The smallest absolute Gasteiger partial charge is 0.307 e. The lowest BCUT2D eigenvalue weighted by atomic mass is 10.3. The van der Waals surface area contributed by atoms with Gasteiger partial charge in [-0.05, 0) is 54.8 Å². The summed E-state index contributed by atoms with van der Waals surface area (Å²) in [5.41, 5.74) is 0.875. The maximum atomic E-state index is 13.2. The number of nitrogens with zero attached hydrogens (tertiary/aromatic N) is 3. The number of halogens is 1. The van der Waals surface area contributed by atoms with Gasteiger partial charge in [-0.2, -0.15) is 0 Å². The van der Waals surface area contributed by atoms with Crippen LogP contribution >= 0.6 is 34.9 Å². The number of ether oxygens (including phenoxy) is 1. The van der Waals surface area contributed by atoms with Crippen LogP contribution in [-0.2, 0) is 18.0 Å². The van der Waals surface area contributed by atoms with Crippen molar-refractivity contribution in [2.24, 2.45) is 7.05 Å². The van der Waals surface area contributed by atoms with E-state index in [1.54, 1.807) is 30.7 Å². The molecule has 1 fully saturated rings. The van der Waals surface area contributed by atoms with Crippen molar-refractivity contribution in [3.05, 3.63) is 51.1 Å². The molecule has 0 amide bonds. The molecule has 1 aromatic heterocycles. The molecule has 30 heavy (non-hydrogen) atoms. The molecule has 6 nitrogen and oxygen atoms in total. The number of thiazole rings is 1. The van der Waals surface area contributed by atoms with Gasteiger partial charge in [-0.15, -0.1) is 0 Å². The highest BCUT2D eigenvalue weighted by Gasteiger charge is 2.22. The molecule has 0 aliphatic carbocycles. The van der Waals surface area contributed by atoms with Crippen LogP contribution in [0.1, 0.15) is 6.42 Å². The highest BCUT2D eigenvalue weighted by molar-refractivity contribution is 7.97. The molecule has 1 saturated heterocycles. The number of fused-ring (bicyclic) bond motifs is 1. The van der Waals surface area contributed by atoms with Gasteiger partial charge >= 0.3 is 4.87 Å². The lowest BCUT2D eigenvalue weighted by molar-refractivity contribution is 0.403. The van der Waals surface area contributed by atoms with E-state index in [9.17, 15) is 9.00 Å². The molecule has 1 aliphatic heterocycles. The van der Waals surface area contributed by atoms with Crippen LogP contribution < -0.4 is 9.61 Å². The molecule has 2 aromatic carbocycles. The van der Waals surface area contributed by atoms with Crippen LogP contribution in [-0.4, -0.2) is 50.7 Å². The predicted octanol–water partition coefficient (Wildman–Crippen LogP) is 4.00. The van der Waals surface area contributed by atoms with Crippen LogP contribution in [0.2, 0.25) is 5.02 Å². The SMILES string of the molecule is COc1ccc(Cl)cc1SN1CCCN(S(=O)c2ccc3c(c2)sc(=O)n3C)CC1. The van der Waals surface area contributed by atoms with E-state index in [2.05, 4.69) is 4.31 Å². The number of benzene rings is 2. The van der Waals surface area contributed by atoms with Crippen molar-refractivity contribution < 1.29 is 8.95 Å². The molecule has 10 heteroatoms. The second-order valence-corrected chi connectivity index (χ2v) is 11.0. The average molecular weight is 484 g/mol. The first-order chi connectivity index (χ1) is 14.5. The predicted molar refractivity (Wildman–Crippen MR) is 125 cm³/mol. The summed E-state index contributed by atoms with van der Waals surface area (Å²) in [6.07, 6.45) is 0.905. The third-order valence-corrected chi connectivity index (χ3v) is 8.83. The lowest BCUT2D eigenvalue weighted by Gasteiger charge is -2.21. The van der Waals surface area contributed by atoms with E-state index in [0.29, 0.717) is 11.6 Å². The number of hydrogen-bond donors (Lipinski definition) is 0. The highest BCUT2D eigenvalue weighted by Crippen LogP contribution is 2.34. The van der Waals surface area contributed by atoms with Gasteiger partial charge in [0.15, 0.2) is 0 Å². The van der Waals surface area contributed by atoms with Gasteiger partial charge in [-0.3, -0.25) is 4.79 Å². The fraction of sp³-hybridized carbons (Fsp3) is 0.350. The Morgan fingerprint density at radius 2 is 1.97 bits per heavy atom. The molecule has 0 saturated carbocycles. The van der Waals surface area contributed by atoms with Gasteiger partial charge in [0.25, 0.3) is 0 Å². The lowest BCUT2D eigenvalue weighted by Crippen LogP contribution is -2.30. The van der Waals surface area contributed by atoms with Crippen LogP contribution in [0.3, 0.4) is 0 Å². The zero-order chi connectivity index (χ0) is 21.3. The van der Waals surface area contributed by atoms with E-state index < -0.39 is 11.0 Å². The largest absolute Gasteiger partial charge is 0.496 e. The summed E-state index contributed by atoms with van der Waals surface area (Å²) in [6.45, 7) is 3.09. The van der Waals surface area contributed by atoms with Gasteiger partial charge < -0.3 is 9.30 Å². The molecule has 0 radical (unpaired) electrons. The summed E-state index contributed by atoms with van der Waals surface area (Å²) >= 11 is 8.96. The zero-order valence-electron chi connectivity index (χ0n) is 16.7. The molecule has 0 spiro atoms. The third kappa shape index (κ3) is 4.61. The summed E-state index contributed by atoms with van der Waals surface area (Å²) in [5.74, 6) is 0.796. The molecule has 160 valence electrons. The number of aromatic nitrogens is 1. The summed E-state index contributed by atoms with van der Waals surface area (Å²) < 4.78 is 25.4. The summed E-state index contributed by atoms with van der Waals surface area (Å²) in [5, 5.41) is 0.675. The average Bonchev–Trinajstić information content (AvgIpc) is 2.89. The van der Waals surface area contributed by atoms with E-state index >= 15 is 0 Å². The minimum Gasteiger partial charge on any atom is -0.496 e. The Morgan fingerprint density at radius 3 is 2.77 bits per heavy atom. The van der Waals surface area contributed by atoms with E-state index in [0.717, 1.165) is 51.8 Å². The summed E-state index contributed by atoms with van der Waals surface area (Å²) in [4.78, 5) is 13.6. The molecule has 3 aromatic rings. The monoisotopic (exact) mass is 483 g/mol. The number of hydrogen-bond acceptors (Lipinski definition) is 6. The van der Waals surface area contributed by atoms with Gasteiger partial charge in [0, 0.05) is 38.2 Å². The van der Waals surface area contributed by atoms with Crippen LogP contribution in [0.25, 0.3) is 10.2 Å². The fourth-order valence-electron chi connectivity index (χ4n) is 3.36. The Balaban J connectivity index is 1.46. The molecule has 0 bridgehead atoms. The molecular formula is C20H22ClN3O3S3. The van der Waals surface area contributed by atoms with Crippen LogP contribution in [0.5, 0.6) is 5.75 Å². The third-order valence-electron chi connectivity index (χ3n) is 4.97. The molecule has 4 rings (SSSR count). The first-order valence-electron chi connectivity index (χ1n) is 9.49. The highest BCUT2D eigenvalue weighted by atomic mass is 35.5. The van der Waals surface area contributed by atoms with Gasteiger partial charge in [0.2, 0.25) is 0 Å². The van der Waals surface area contributed by atoms with Crippen LogP contribution in [0.15, 0.2) is 51.0 Å². The van der Waals surface area contributed by atoms with Crippen molar-refractivity contribution in [1.82, 2.24) is 13.2 Å². The fourth-order valence-corrected chi connectivity index (χ4v) is 6.93. The van der Waals surface area contributed by atoms with E-state index in [-0.39, 0.29) is 4.87 Å². The van der Waals surface area contributed by atoms with Crippen LogP contribution in [0, 0.1) is 0 Å². The minimum atomic E-state index is -1.26. The Labute approximate surface area is 191 Å². The topological polar surface area (TPSA) is 54.8 Å². The molecule has 1 atom stereocenters. The van der Waals surface area contributed by atoms with Crippen molar-refractivity contribution in [3.8, 4) is 5.75 Å². The summed E-state index contributed by atoms with van der Waals surface area (Å²) in [7, 11) is 2.15. The Kier molecular flexibility index (Phi) is 6.86. The standard InChI is InChI=1S/C20H22ClN3O3S3/c1-22-16-6-5-15(13-18(16)28-20(22)25)30(26)24-9-3-8-23(10-11-24)29-19-12-14(21)4-7-17(19)27-2/h4-7,12-13H,3,8-11H2,1-2H3. The normalized spacial score (nSPS) is 17.2. The van der Waals surface area contributed by atoms with Gasteiger partial charge in [0.1, 0.15) is 16.7 Å². The Bertz CT molecular complexity index is 1150. The van der Waals surface area contributed by atoms with Gasteiger partial charge in [-0.1, -0.05) is 22.9 Å². The number of methoxy groups -OCH3 is 1. The van der Waals surface area contributed by atoms with Gasteiger partial charge in [0.05, 0.1) is 27.1 Å². The van der Waals surface area contributed by atoms with Crippen molar-refractivity contribution in [1.29, 1.82) is 0 Å². The maximum absolute atomic E-state index is 13.2. The van der Waals surface area contributed by atoms with Crippen molar-refractivity contribution in [2.45, 2.75) is 16.2 Å². The van der Waals surface area contributed by atoms with E-state index in [1.807, 2.05) is 40.7 Å². The van der Waals surface area contributed by atoms with E-state index in [1.165, 1.54) is 11.3 Å². The molecule has 2 heterocycles. The first-order valence-corrected chi connectivity index (χ1v) is 12.6. The second kappa shape index (κ2) is 9.42. The maximum Gasteiger partial charge on any atom is 0.307 e. The summed E-state index contributed by atoms with van der Waals surface area (Å²) in [6, 6.07) is 11.2. The minimum absolute atomic E-state index is 0.00758. The van der Waals surface area contributed by atoms with E-state index in [4.69, 9.17) is 16.3 Å². The van der Waals surface area contributed by atoms with Gasteiger partial charge in [-0.25, -0.2) is 12.8 Å². The Hall–Kier alpha value is -1.36. The van der Waals surface area contributed by atoms with Crippen molar-refractivity contribution >= 4 is 56.1 Å². The molecule has 1 aliphatic rings. The van der Waals surface area contributed by atoms with Crippen molar-refractivity contribution in [3.63, 3.8) is 0 Å². The quantitative estimate of drug-likeness (QED) is 0.513. The first kappa shape index (κ1) is 21.9. The molecule has 1 unspecified atom stereocenters. The molecule has 0 N–H and O–H groups in total.